The average Bonchev–Trinajstić information content (AvgIpc) is 2.41. The Morgan fingerprint density at radius 2 is 2.05 bits per heavy atom. The van der Waals surface area contributed by atoms with Gasteiger partial charge in [0.2, 0.25) is 0 Å². The molecule has 1 fully saturated rings. The molecule has 0 bridgehead atoms. The number of para-hydroxylation sites is 1. The van der Waals surface area contributed by atoms with Gasteiger partial charge in [0.25, 0.3) is 0 Å². The Morgan fingerprint density at radius 1 is 1.32 bits per heavy atom. The predicted molar refractivity (Wildman–Crippen MR) is 74.2 cm³/mol. The Balaban J connectivity index is 2.11. The topological polar surface area (TPSA) is 61.5 Å². The first-order chi connectivity index (χ1) is 9.13. The van der Waals surface area contributed by atoms with Crippen molar-refractivity contribution in [1.29, 1.82) is 0 Å². The van der Waals surface area contributed by atoms with Crippen LogP contribution < -0.4 is 10.5 Å². The van der Waals surface area contributed by atoms with Gasteiger partial charge in [0.05, 0.1) is 18.4 Å². The number of hydrogen-bond acceptors (Lipinski definition) is 4. The quantitative estimate of drug-likeness (QED) is 0.672. The Hall–Kier alpha value is -1.71. The molecule has 0 aromatic heterocycles. The summed E-state index contributed by atoms with van der Waals surface area (Å²) in [6.07, 6.45) is 4.40. The molecule has 2 N–H and O–H groups in total. The molecule has 0 saturated heterocycles. The number of rotatable bonds is 3. The number of carbonyl (C=O) groups excluding carboxylic acids is 1. The normalized spacial score (nSPS) is 22.8. The lowest BCUT2D eigenvalue weighted by Gasteiger charge is -2.28. The molecule has 1 aliphatic rings. The molecule has 4 heteroatoms. The number of hydrogen-bond donors (Lipinski definition) is 1. The van der Waals surface area contributed by atoms with E-state index in [-0.39, 0.29) is 12.1 Å². The van der Waals surface area contributed by atoms with Crippen LogP contribution in [0.5, 0.6) is 5.75 Å². The van der Waals surface area contributed by atoms with Crippen molar-refractivity contribution in [3.05, 3.63) is 23.8 Å². The minimum Gasteiger partial charge on any atom is -0.495 e. The standard InChI is InChI=1S/C15H21NO3/c1-10-6-3-4-8-12(10)19-15(17)11-7-5-9-13(18-2)14(11)16/h5,7,9-10,12H,3-4,6,8,16H2,1-2H3. The van der Waals surface area contributed by atoms with Gasteiger partial charge in [0, 0.05) is 0 Å². The fraction of sp³-hybridized carbons (Fsp3) is 0.533. The molecule has 2 unspecified atom stereocenters. The second-order valence-electron chi connectivity index (χ2n) is 5.13. The highest BCUT2D eigenvalue weighted by Crippen LogP contribution is 2.29. The first-order valence-corrected chi connectivity index (χ1v) is 6.77. The minimum atomic E-state index is -0.352. The van der Waals surface area contributed by atoms with Crippen LogP contribution in [-0.2, 0) is 4.74 Å². The molecule has 2 atom stereocenters. The number of ether oxygens (including phenoxy) is 2. The van der Waals surface area contributed by atoms with Crippen LogP contribution in [-0.4, -0.2) is 19.2 Å². The Labute approximate surface area is 113 Å². The van der Waals surface area contributed by atoms with Gasteiger partial charge in [0.15, 0.2) is 0 Å². The van der Waals surface area contributed by atoms with Crippen molar-refractivity contribution in [3.8, 4) is 5.75 Å². The number of anilines is 1. The van der Waals surface area contributed by atoms with Crippen molar-refractivity contribution in [1.82, 2.24) is 0 Å². The van der Waals surface area contributed by atoms with Crippen LogP contribution in [0.2, 0.25) is 0 Å². The highest BCUT2D eigenvalue weighted by molar-refractivity contribution is 5.96. The van der Waals surface area contributed by atoms with Crippen molar-refractivity contribution in [2.24, 2.45) is 5.92 Å². The number of esters is 1. The molecule has 1 aliphatic carbocycles. The third-order valence-electron chi connectivity index (χ3n) is 3.80. The summed E-state index contributed by atoms with van der Waals surface area (Å²) in [5.74, 6) is 0.575. The number of methoxy groups -OCH3 is 1. The Kier molecular flexibility index (Phi) is 4.30. The molecular weight excluding hydrogens is 242 g/mol. The smallest absolute Gasteiger partial charge is 0.340 e. The molecule has 0 radical (unpaired) electrons. The van der Waals surface area contributed by atoms with Crippen LogP contribution in [0.3, 0.4) is 0 Å². The van der Waals surface area contributed by atoms with Crippen LogP contribution in [0.25, 0.3) is 0 Å². The Bertz CT molecular complexity index is 459. The molecule has 0 spiro atoms. The Morgan fingerprint density at radius 3 is 2.74 bits per heavy atom. The average molecular weight is 263 g/mol. The highest BCUT2D eigenvalue weighted by Gasteiger charge is 2.26. The fourth-order valence-electron chi connectivity index (χ4n) is 2.56. The molecule has 1 aromatic carbocycles. The van der Waals surface area contributed by atoms with E-state index in [1.807, 2.05) is 0 Å². The van der Waals surface area contributed by atoms with E-state index in [0.717, 1.165) is 19.3 Å². The third kappa shape index (κ3) is 3.00. The zero-order chi connectivity index (χ0) is 13.8. The molecule has 1 saturated carbocycles. The van der Waals surface area contributed by atoms with Gasteiger partial charge in [-0.1, -0.05) is 19.4 Å². The van der Waals surface area contributed by atoms with Crippen LogP contribution in [0.15, 0.2) is 18.2 Å². The van der Waals surface area contributed by atoms with Crippen molar-refractivity contribution < 1.29 is 14.3 Å². The molecule has 19 heavy (non-hydrogen) atoms. The fourth-order valence-corrected chi connectivity index (χ4v) is 2.56. The van der Waals surface area contributed by atoms with Gasteiger partial charge in [-0.25, -0.2) is 4.79 Å². The van der Waals surface area contributed by atoms with E-state index >= 15 is 0 Å². The lowest BCUT2D eigenvalue weighted by atomic mass is 9.88. The van der Waals surface area contributed by atoms with Gasteiger partial charge in [-0.05, 0) is 37.3 Å². The largest absolute Gasteiger partial charge is 0.495 e. The van der Waals surface area contributed by atoms with E-state index in [4.69, 9.17) is 15.2 Å². The first kappa shape index (κ1) is 13.7. The lowest BCUT2D eigenvalue weighted by Crippen LogP contribution is -2.28. The summed E-state index contributed by atoms with van der Waals surface area (Å²) in [6, 6.07) is 5.15. The van der Waals surface area contributed by atoms with E-state index in [2.05, 4.69) is 6.92 Å². The van der Waals surface area contributed by atoms with Crippen molar-refractivity contribution in [2.45, 2.75) is 38.7 Å². The van der Waals surface area contributed by atoms with Crippen LogP contribution >= 0.6 is 0 Å². The van der Waals surface area contributed by atoms with Crippen molar-refractivity contribution in [3.63, 3.8) is 0 Å². The van der Waals surface area contributed by atoms with Gasteiger partial charge >= 0.3 is 5.97 Å². The number of benzene rings is 1. The molecule has 0 aliphatic heterocycles. The molecule has 1 aromatic rings. The molecule has 0 heterocycles. The summed E-state index contributed by atoms with van der Waals surface area (Å²) in [5.41, 5.74) is 6.64. The zero-order valence-corrected chi connectivity index (χ0v) is 11.5. The summed E-state index contributed by atoms with van der Waals surface area (Å²) in [7, 11) is 1.53. The molecular formula is C15H21NO3. The maximum absolute atomic E-state index is 12.2. The van der Waals surface area contributed by atoms with E-state index in [1.165, 1.54) is 13.5 Å². The lowest BCUT2D eigenvalue weighted by molar-refractivity contribution is 0.00490. The van der Waals surface area contributed by atoms with Crippen LogP contribution in [0, 0.1) is 5.92 Å². The van der Waals surface area contributed by atoms with Gasteiger partial charge < -0.3 is 15.2 Å². The summed E-state index contributed by atoms with van der Waals surface area (Å²) < 4.78 is 10.7. The predicted octanol–water partition coefficient (Wildman–Crippen LogP) is 3.01. The van der Waals surface area contributed by atoms with E-state index in [1.54, 1.807) is 18.2 Å². The molecule has 104 valence electrons. The van der Waals surface area contributed by atoms with E-state index in [0.29, 0.717) is 22.9 Å². The third-order valence-corrected chi connectivity index (χ3v) is 3.80. The number of nitrogens with two attached hydrogens (primary N) is 1. The number of carbonyl (C=O) groups is 1. The van der Waals surface area contributed by atoms with Crippen molar-refractivity contribution in [2.75, 3.05) is 12.8 Å². The zero-order valence-electron chi connectivity index (χ0n) is 11.5. The number of nitrogen functional groups attached to an aromatic ring is 1. The van der Waals surface area contributed by atoms with Gasteiger partial charge in [-0.3, -0.25) is 0 Å². The minimum absolute atomic E-state index is 0.00634. The first-order valence-electron chi connectivity index (χ1n) is 6.77. The summed E-state index contributed by atoms with van der Waals surface area (Å²) >= 11 is 0. The summed E-state index contributed by atoms with van der Waals surface area (Å²) in [5, 5.41) is 0. The molecule has 2 rings (SSSR count). The van der Waals surface area contributed by atoms with Crippen LogP contribution in [0.1, 0.15) is 43.0 Å². The summed E-state index contributed by atoms with van der Waals surface area (Å²) in [6.45, 7) is 2.13. The van der Waals surface area contributed by atoms with Gasteiger partial charge in [-0.2, -0.15) is 0 Å². The van der Waals surface area contributed by atoms with Crippen LogP contribution in [0.4, 0.5) is 5.69 Å². The van der Waals surface area contributed by atoms with Gasteiger partial charge in [0.1, 0.15) is 11.9 Å². The maximum Gasteiger partial charge on any atom is 0.340 e. The highest BCUT2D eigenvalue weighted by atomic mass is 16.5. The molecule has 0 amide bonds. The SMILES string of the molecule is COc1cccc(C(=O)OC2CCCCC2C)c1N. The monoisotopic (exact) mass is 263 g/mol. The summed E-state index contributed by atoms with van der Waals surface area (Å²) in [4.78, 5) is 12.2. The van der Waals surface area contributed by atoms with E-state index < -0.39 is 0 Å². The van der Waals surface area contributed by atoms with Gasteiger partial charge in [-0.15, -0.1) is 0 Å². The molecule has 4 nitrogen and oxygen atoms in total. The van der Waals surface area contributed by atoms with E-state index in [9.17, 15) is 4.79 Å². The maximum atomic E-state index is 12.2. The second kappa shape index (κ2) is 5.95. The van der Waals surface area contributed by atoms with Crippen molar-refractivity contribution >= 4 is 11.7 Å². The second-order valence-corrected chi connectivity index (χ2v) is 5.13.